The first-order valence-electron chi connectivity index (χ1n) is 5.79. The summed E-state index contributed by atoms with van der Waals surface area (Å²) in [5, 5.41) is 0. The van der Waals surface area contributed by atoms with Crippen molar-refractivity contribution in [2.24, 2.45) is 11.8 Å². The summed E-state index contributed by atoms with van der Waals surface area (Å²) in [6.07, 6.45) is 4.64. The second kappa shape index (κ2) is 4.81. The fourth-order valence-corrected chi connectivity index (χ4v) is 2.05. The summed E-state index contributed by atoms with van der Waals surface area (Å²) in [4.78, 5) is 13.9. The van der Waals surface area contributed by atoms with Crippen molar-refractivity contribution in [3.05, 3.63) is 0 Å². The highest BCUT2D eigenvalue weighted by atomic mass is 16.2. The number of carbonyl (C=O) groups is 1. The molecule has 2 heteroatoms. The molecule has 1 amide bonds. The minimum absolute atomic E-state index is 0.304. The van der Waals surface area contributed by atoms with E-state index in [4.69, 9.17) is 0 Å². The lowest BCUT2D eigenvalue weighted by Crippen LogP contribution is -2.38. The highest BCUT2D eigenvalue weighted by Gasteiger charge is 2.27. The average Bonchev–Trinajstić information content (AvgIpc) is 2.16. The van der Waals surface area contributed by atoms with Crippen LogP contribution < -0.4 is 0 Å². The highest BCUT2D eigenvalue weighted by Crippen LogP contribution is 2.29. The molecule has 14 heavy (non-hydrogen) atoms. The Morgan fingerprint density at radius 3 is 2.14 bits per heavy atom. The molecule has 1 aliphatic carbocycles. The van der Waals surface area contributed by atoms with Crippen LogP contribution in [-0.2, 0) is 4.79 Å². The second-order valence-electron chi connectivity index (χ2n) is 5.00. The van der Waals surface area contributed by atoms with E-state index in [-0.39, 0.29) is 0 Å². The van der Waals surface area contributed by atoms with Crippen LogP contribution in [0.4, 0.5) is 0 Å². The summed E-state index contributed by atoms with van der Waals surface area (Å²) < 4.78 is 0. The molecule has 1 fully saturated rings. The summed E-state index contributed by atoms with van der Waals surface area (Å²) in [5.74, 6) is 1.48. The number of rotatable bonds is 2. The second-order valence-corrected chi connectivity index (χ2v) is 5.00. The lowest BCUT2D eigenvalue weighted by atomic mass is 9.82. The van der Waals surface area contributed by atoms with Gasteiger partial charge in [-0.15, -0.1) is 0 Å². The first kappa shape index (κ1) is 11.5. The Morgan fingerprint density at radius 2 is 1.71 bits per heavy atom. The molecule has 2 nitrogen and oxygen atoms in total. The highest BCUT2D eigenvalue weighted by molar-refractivity contribution is 5.78. The Morgan fingerprint density at radius 1 is 1.21 bits per heavy atom. The zero-order valence-corrected chi connectivity index (χ0v) is 9.92. The summed E-state index contributed by atoms with van der Waals surface area (Å²) in [6, 6.07) is 0.335. The van der Waals surface area contributed by atoms with Gasteiger partial charge in [0.2, 0.25) is 5.91 Å². The van der Waals surface area contributed by atoms with Gasteiger partial charge in [-0.3, -0.25) is 4.79 Å². The van der Waals surface area contributed by atoms with Crippen LogP contribution in [0.2, 0.25) is 0 Å². The average molecular weight is 197 g/mol. The number of hydrogen-bond donors (Lipinski definition) is 0. The van der Waals surface area contributed by atoms with Crippen molar-refractivity contribution < 1.29 is 4.79 Å². The molecule has 0 heterocycles. The van der Waals surface area contributed by atoms with Crippen molar-refractivity contribution in [1.82, 2.24) is 4.90 Å². The first-order valence-corrected chi connectivity index (χ1v) is 5.79. The predicted octanol–water partition coefficient (Wildman–Crippen LogP) is 2.68. The van der Waals surface area contributed by atoms with Crippen LogP contribution >= 0.6 is 0 Å². The summed E-state index contributed by atoms with van der Waals surface area (Å²) in [5.41, 5.74) is 0. The number of nitrogens with zero attached hydrogens (tertiary/aromatic N) is 1. The molecule has 1 rings (SSSR count). The van der Waals surface area contributed by atoms with Gasteiger partial charge in [-0.05, 0) is 45.4 Å². The molecule has 0 radical (unpaired) electrons. The Hall–Kier alpha value is -0.530. The Bertz CT molecular complexity index is 192. The molecule has 0 N–H and O–H groups in total. The van der Waals surface area contributed by atoms with E-state index in [1.165, 1.54) is 12.8 Å². The van der Waals surface area contributed by atoms with Gasteiger partial charge in [0.25, 0.3) is 0 Å². The molecule has 0 bridgehead atoms. The summed E-state index contributed by atoms with van der Waals surface area (Å²) >= 11 is 0. The molecule has 0 atom stereocenters. The zero-order valence-electron chi connectivity index (χ0n) is 9.92. The third-order valence-corrected chi connectivity index (χ3v) is 3.49. The van der Waals surface area contributed by atoms with Crippen molar-refractivity contribution in [3.8, 4) is 0 Å². The molecule has 82 valence electrons. The molecule has 0 aromatic heterocycles. The zero-order chi connectivity index (χ0) is 10.7. The van der Waals surface area contributed by atoms with Crippen molar-refractivity contribution in [2.45, 2.75) is 52.5 Å². The molecule has 0 unspecified atom stereocenters. The van der Waals surface area contributed by atoms with Gasteiger partial charge in [0, 0.05) is 19.0 Å². The Labute approximate surface area is 87.7 Å². The largest absolute Gasteiger partial charge is 0.343 e. The predicted molar refractivity (Wildman–Crippen MR) is 59.0 cm³/mol. The first-order chi connectivity index (χ1) is 6.52. The molecule has 0 saturated heterocycles. The minimum atomic E-state index is 0.304. The lowest BCUT2D eigenvalue weighted by Gasteiger charge is -2.30. The van der Waals surface area contributed by atoms with E-state index in [0.29, 0.717) is 17.9 Å². The molecule has 1 saturated carbocycles. The number of hydrogen-bond acceptors (Lipinski definition) is 1. The maximum atomic E-state index is 12.0. The molecular formula is C12H23NO. The van der Waals surface area contributed by atoms with Crippen LogP contribution in [0, 0.1) is 11.8 Å². The van der Waals surface area contributed by atoms with E-state index in [1.807, 2.05) is 11.9 Å². The van der Waals surface area contributed by atoms with Gasteiger partial charge in [0.15, 0.2) is 0 Å². The smallest absolute Gasteiger partial charge is 0.225 e. The number of carbonyl (C=O) groups excluding carboxylic acids is 1. The van der Waals surface area contributed by atoms with Crippen LogP contribution in [0.1, 0.15) is 46.5 Å². The van der Waals surface area contributed by atoms with E-state index in [0.717, 1.165) is 18.8 Å². The molecule has 0 spiro atoms. The Balaban J connectivity index is 2.45. The fraction of sp³-hybridized carbons (Fsp3) is 0.917. The molecular weight excluding hydrogens is 174 g/mol. The normalized spacial score (nSPS) is 27.8. The Kier molecular flexibility index (Phi) is 3.97. The minimum Gasteiger partial charge on any atom is -0.343 e. The van der Waals surface area contributed by atoms with Gasteiger partial charge < -0.3 is 4.90 Å². The van der Waals surface area contributed by atoms with Gasteiger partial charge in [0.1, 0.15) is 0 Å². The lowest BCUT2D eigenvalue weighted by molar-refractivity contribution is -0.136. The van der Waals surface area contributed by atoms with E-state index in [9.17, 15) is 4.79 Å². The molecule has 0 aromatic rings. The van der Waals surface area contributed by atoms with Crippen LogP contribution in [0.25, 0.3) is 0 Å². The SMILES string of the molecule is CC1CCC(C(=O)N(C)C(C)C)CC1. The van der Waals surface area contributed by atoms with Crippen LogP contribution in [0.3, 0.4) is 0 Å². The van der Waals surface area contributed by atoms with Crippen molar-refractivity contribution in [2.75, 3.05) is 7.05 Å². The van der Waals surface area contributed by atoms with Crippen molar-refractivity contribution in [3.63, 3.8) is 0 Å². The van der Waals surface area contributed by atoms with E-state index in [1.54, 1.807) is 0 Å². The summed E-state index contributed by atoms with van der Waals surface area (Å²) in [7, 11) is 1.92. The van der Waals surface area contributed by atoms with Crippen LogP contribution in [-0.4, -0.2) is 23.9 Å². The van der Waals surface area contributed by atoms with Gasteiger partial charge in [-0.25, -0.2) is 0 Å². The van der Waals surface area contributed by atoms with E-state index in [2.05, 4.69) is 20.8 Å². The van der Waals surface area contributed by atoms with E-state index < -0.39 is 0 Å². The van der Waals surface area contributed by atoms with Crippen LogP contribution in [0.15, 0.2) is 0 Å². The van der Waals surface area contributed by atoms with Crippen molar-refractivity contribution >= 4 is 5.91 Å². The molecule has 0 aliphatic heterocycles. The van der Waals surface area contributed by atoms with Crippen LogP contribution in [0.5, 0.6) is 0 Å². The molecule has 0 aromatic carbocycles. The monoisotopic (exact) mass is 197 g/mol. The van der Waals surface area contributed by atoms with Gasteiger partial charge in [0.05, 0.1) is 0 Å². The van der Waals surface area contributed by atoms with E-state index >= 15 is 0 Å². The standard InChI is InChI=1S/C12H23NO/c1-9(2)13(4)12(14)11-7-5-10(3)6-8-11/h9-11H,5-8H2,1-4H3. The number of amides is 1. The van der Waals surface area contributed by atoms with Crippen molar-refractivity contribution in [1.29, 1.82) is 0 Å². The van der Waals surface area contributed by atoms with Gasteiger partial charge >= 0.3 is 0 Å². The third-order valence-electron chi connectivity index (χ3n) is 3.49. The summed E-state index contributed by atoms with van der Waals surface area (Å²) in [6.45, 7) is 6.43. The van der Waals surface area contributed by atoms with Gasteiger partial charge in [-0.1, -0.05) is 6.92 Å². The topological polar surface area (TPSA) is 20.3 Å². The maximum absolute atomic E-state index is 12.0. The quantitative estimate of drug-likeness (QED) is 0.666. The fourth-order valence-electron chi connectivity index (χ4n) is 2.05. The third kappa shape index (κ3) is 2.73. The van der Waals surface area contributed by atoms with Gasteiger partial charge in [-0.2, -0.15) is 0 Å². The maximum Gasteiger partial charge on any atom is 0.225 e. The molecule has 1 aliphatic rings.